The van der Waals surface area contributed by atoms with Gasteiger partial charge < -0.3 is 15.8 Å². The Kier molecular flexibility index (Phi) is 4.51. The summed E-state index contributed by atoms with van der Waals surface area (Å²) in [6.07, 6.45) is 0.927. The smallest absolute Gasteiger partial charge is 0.323 e. The van der Waals surface area contributed by atoms with Gasteiger partial charge in [0.25, 0.3) is 0 Å². The lowest BCUT2D eigenvalue weighted by Gasteiger charge is -2.15. The molecule has 1 atom stereocenters. The van der Waals surface area contributed by atoms with Gasteiger partial charge in [0.05, 0.1) is 12.6 Å². The van der Waals surface area contributed by atoms with Crippen molar-refractivity contribution in [2.24, 2.45) is 0 Å². The van der Waals surface area contributed by atoms with Crippen molar-refractivity contribution in [3.8, 4) is 6.01 Å². The van der Waals surface area contributed by atoms with Gasteiger partial charge in [-0.3, -0.25) is 0 Å². The van der Waals surface area contributed by atoms with Crippen molar-refractivity contribution in [2.75, 3.05) is 17.7 Å². The maximum absolute atomic E-state index is 5.65. The Hall–Kier alpha value is -1.89. The van der Waals surface area contributed by atoms with Crippen molar-refractivity contribution in [3.05, 3.63) is 22.4 Å². The van der Waals surface area contributed by atoms with Crippen LogP contribution in [0.15, 0.2) is 17.5 Å². The zero-order valence-corrected chi connectivity index (χ0v) is 11.8. The van der Waals surface area contributed by atoms with Crippen molar-refractivity contribution in [3.63, 3.8) is 0 Å². The summed E-state index contributed by atoms with van der Waals surface area (Å²) in [5.74, 6) is 0.596. The Morgan fingerprint density at radius 3 is 2.84 bits per heavy atom. The molecule has 2 aromatic rings. The standard InChI is InChI=1S/C12H17N5OS/c1-3-8(9-6-5-7-19-9)14-11-15-10(13)16-12(17-11)18-4-2/h5-8H,3-4H2,1-2H3,(H3,13,14,15,16,17). The third kappa shape index (κ3) is 3.54. The predicted molar refractivity (Wildman–Crippen MR) is 76.4 cm³/mol. The number of nitrogen functional groups attached to an aromatic ring is 1. The normalized spacial score (nSPS) is 12.1. The minimum absolute atomic E-state index is 0.155. The predicted octanol–water partition coefficient (Wildman–Crippen LogP) is 2.48. The minimum atomic E-state index is 0.155. The molecule has 0 saturated heterocycles. The van der Waals surface area contributed by atoms with Gasteiger partial charge in [-0.15, -0.1) is 11.3 Å². The second kappa shape index (κ2) is 6.33. The van der Waals surface area contributed by atoms with E-state index in [1.54, 1.807) is 11.3 Å². The highest BCUT2D eigenvalue weighted by atomic mass is 32.1. The molecule has 0 aliphatic heterocycles. The molecule has 0 saturated carbocycles. The monoisotopic (exact) mass is 279 g/mol. The van der Waals surface area contributed by atoms with Crippen molar-refractivity contribution < 1.29 is 4.74 Å². The molecule has 19 heavy (non-hydrogen) atoms. The molecule has 0 radical (unpaired) electrons. The number of aromatic nitrogens is 3. The van der Waals surface area contributed by atoms with Gasteiger partial charge in [-0.25, -0.2) is 0 Å². The first-order chi connectivity index (χ1) is 9.22. The van der Waals surface area contributed by atoms with Crippen LogP contribution in [0.2, 0.25) is 0 Å². The zero-order valence-electron chi connectivity index (χ0n) is 11.0. The number of anilines is 2. The molecule has 0 aliphatic carbocycles. The van der Waals surface area contributed by atoms with Crippen molar-refractivity contribution in [2.45, 2.75) is 26.3 Å². The van der Waals surface area contributed by atoms with Gasteiger partial charge in [-0.1, -0.05) is 13.0 Å². The zero-order chi connectivity index (χ0) is 13.7. The first-order valence-corrected chi connectivity index (χ1v) is 7.05. The Balaban J connectivity index is 2.17. The van der Waals surface area contributed by atoms with Gasteiger partial charge in [-0.2, -0.15) is 15.0 Å². The third-order valence-electron chi connectivity index (χ3n) is 2.50. The van der Waals surface area contributed by atoms with E-state index < -0.39 is 0 Å². The summed E-state index contributed by atoms with van der Waals surface area (Å²) in [5.41, 5.74) is 5.65. The second-order valence-corrected chi connectivity index (χ2v) is 4.83. The Bertz CT molecular complexity index is 517. The highest BCUT2D eigenvalue weighted by molar-refractivity contribution is 7.10. The number of hydrogen-bond acceptors (Lipinski definition) is 7. The third-order valence-corrected chi connectivity index (χ3v) is 3.49. The lowest BCUT2D eigenvalue weighted by Crippen LogP contribution is -2.13. The molecule has 2 heterocycles. The second-order valence-electron chi connectivity index (χ2n) is 3.85. The summed E-state index contributed by atoms with van der Waals surface area (Å²) in [7, 11) is 0. The van der Waals surface area contributed by atoms with E-state index >= 15 is 0 Å². The average molecular weight is 279 g/mol. The summed E-state index contributed by atoms with van der Waals surface area (Å²) in [5, 5.41) is 5.31. The summed E-state index contributed by atoms with van der Waals surface area (Å²) >= 11 is 1.70. The van der Waals surface area contributed by atoms with Crippen LogP contribution in [-0.4, -0.2) is 21.6 Å². The molecule has 2 rings (SSSR count). The van der Waals surface area contributed by atoms with Crippen molar-refractivity contribution >= 4 is 23.2 Å². The number of rotatable bonds is 6. The van der Waals surface area contributed by atoms with E-state index in [0.717, 1.165) is 6.42 Å². The first-order valence-electron chi connectivity index (χ1n) is 6.17. The maximum Gasteiger partial charge on any atom is 0.323 e. The van der Waals surface area contributed by atoms with E-state index in [1.165, 1.54) is 4.88 Å². The van der Waals surface area contributed by atoms with Crippen LogP contribution in [0.25, 0.3) is 0 Å². The summed E-state index contributed by atoms with van der Waals surface area (Å²) in [6.45, 7) is 4.46. The molecule has 0 amide bonds. The molecular weight excluding hydrogens is 262 g/mol. The molecular formula is C12H17N5OS. The van der Waals surface area contributed by atoms with Crippen LogP contribution in [0.5, 0.6) is 6.01 Å². The SMILES string of the molecule is CCOc1nc(N)nc(NC(CC)c2cccs2)n1. The fourth-order valence-corrected chi connectivity index (χ4v) is 2.51. The van der Waals surface area contributed by atoms with E-state index in [9.17, 15) is 0 Å². The number of ether oxygens (including phenoxy) is 1. The van der Waals surface area contributed by atoms with Gasteiger partial charge in [0.15, 0.2) is 0 Å². The van der Waals surface area contributed by atoms with Crippen LogP contribution < -0.4 is 15.8 Å². The van der Waals surface area contributed by atoms with Gasteiger partial charge in [0.1, 0.15) is 0 Å². The summed E-state index contributed by atoms with van der Waals surface area (Å²) in [6, 6.07) is 4.52. The van der Waals surface area contributed by atoms with Gasteiger partial charge in [0, 0.05) is 4.88 Å². The maximum atomic E-state index is 5.65. The molecule has 6 nitrogen and oxygen atoms in total. The summed E-state index contributed by atoms with van der Waals surface area (Å²) < 4.78 is 5.25. The molecule has 0 aliphatic rings. The van der Waals surface area contributed by atoms with E-state index in [2.05, 4.69) is 33.3 Å². The van der Waals surface area contributed by atoms with Crippen molar-refractivity contribution in [1.82, 2.24) is 15.0 Å². The van der Waals surface area contributed by atoms with Crippen LogP contribution in [0, 0.1) is 0 Å². The van der Waals surface area contributed by atoms with Crippen LogP contribution in [-0.2, 0) is 0 Å². The molecule has 2 aromatic heterocycles. The van der Waals surface area contributed by atoms with Crippen LogP contribution >= 0.6 is 11.3 Å². The first kappa shape index (κ1) is 13.5. The van der Waals surface area contributed by atoms with Crippen LogP contribution in [0.4, 0.5) is 11.9 Å². The number of hydrogen-bond donors (Lipinski definition) is 2. The van der Waals surface area contributed by atoms with E-state index in [4.69, 9.17) is 10.5 Å². The number of nitrogens with one attached hydrogen (secondary N) is 1. The lowest BCUT2D eigenvalue weighted by atomic mass is 10.2. The molecule has 0 bridgehead atoms. The molecule has 3 N–H and O–H groups in total. The van der Waals surface area contributed by atoms with Crippen LogP contribution in [0.1, 0.15) is 31.2 Å². The Labute approximate surface area is 116 Å². The van der Waals surface area contributed by atoms with Gasteiger partial charge in [0.2, 0.25) is 11.9 Å². The van der Waals surface area contributed by atoms with E-state index in [-0.39, 0.29) is 18.0 Å². The minimum Gasteiger partial charge on any atom is -0.464 e. The molecule has 0 fully saturated rings. The molecule has 7 heteroatoms. The highest BCUT2D eigenvalue weighted by Gasteiger charge is 2.13. The van der Waals surface area contributed by atoms with Crippen LogP contribution in [0.3, 0.4) is 0 Å². The topological polar surface area (TPSA) is 86.0 Å². The number of thiophene rings is 1. The number of nitrogens with zero attached hydrogens (tertiary/aromatic N) is 3. The van der Waals surface area contributed by atoms with Gasteiger partial charge >= 0.3 is 6.01 Å². The summed E-state index contributed by atoms with van der Waals surface area (Å²) in [4.78, 5) is 13.4. The largest absolute Gasteiger partial charge is 0.464 e. The fourth-order valence-electron chi connectivity index (χ4n) is 1.65. The highest BCUT2D eigenvalue weighted by Crippen LogP contribution is 2.25. The Morgan fingerprint density at radius 1 is 1.37 bits per heavy atom. The molecule has 0 spiro atoms. The van der Waals surface area contributed by atoms with Crippen molar-refractivity contribution in [1.29, 1.82) is 0 Å². The Morgan fingerprint density at radius 2 is 2.21 bits per heavy atom. The molecule has 0 aromatic carbocycles. The average Bonchev–Trinajstić information content (AvgIpc) is 2.89. The molecule has 1 unspecified atom stereocenters. The molecule has 102 valence electrons. The van der Waals surface area contributed by atoms with Gasteiger partial charge in [-0.05, 0) is 24.8 Å². The quantitative estimate of drug-likeness (QED) is 0.845. The number of nitrogens with two attached hydrogens (primary N) is 1. The van der Waals surface area contributed by atoms with E-state index in [0.29, 0.717) is 12.6 Å². The van der Waals surface area contributed by atoms with E-state index in [1.807, 2.05) is 18.4 Å². The lowest BCUT2D eigenvalue weighted by molar-refractivity contribution is 0.312. The fraction of sp³-hybridized carbons (Fsp3) is 0.417.